The summed E-state index contributed by atoms with van der Waals surface area (Å²) in [5.41, 5.74) is 0. The van der Waals surface area contributed by atoms with Gasteiger partial charge < -0.3 is 4.74 Å². The molecule has 5 heteroatoms. The maximum absolute atomic E-state index is 12.8. The monoisotopic (exact) mass is 246 g/mol. The molecule has 0 atom stereocenters. The first kappa shape index (κ1) is 13.0. The van der Waals surface area contributed by atoms with Crippen molar-refractivity contribution < 1.29 is 18.3 Å². The number of benzene rings is 1. The van der Waals surface area contributed by atoms with Crippen LogP contribution in [-0.4, -0.2) is 18.3 Å². The minimum absolute atomic E-state index is 0.261. The van der Waals surface area contributed by atoms with Gasteiger partial charge in [-0.25, -0.2) is 8.78 Å². The average Bonchev–Trinajstić information content (AvgIpc) is 2.24. The number of esters is 1. The lowest BCUT2D eigenvalue weighted by molar-refractivity contribution is -0.142. The summed E-state index contributed by atoms with van der Waals surface area (Å²) in [7, 11) is 0. The Morgan fingerprint density at radius 2 is 2.12 bits per heavy atom. The largest absolute Gasteiger partial charge is 0.466 e. The normalized spacial score (nSPS) is 10.2. The summed E-state index contributed by atoms with van der Waals surface area (Å²) < 4.78 is 30.1. The number of hydrogen-bond acceptors (Lipinski definition) is 3. The van der Waals surface area contributed by atoms with Crippen molar-refractivity contribution in [2.24, 2.45) is 0 Å². The minimum Gasteiger partial charge on any atom is -0.466 e. The number of rotatable bonds is 5. The molecular weight excluding hydrogens is 234 g/mol. The van der Waals surface area contributed by atoms with Gasteiger partial charge >= 0.3 is 5.97 Å². The Labute approximate surface area is 97.0 Å². The van der Waals surface area contributed by atoms with Crippen molar-refractivity contribution in [2.75, 3.05) is 12.4 Å². The zero-order chi connectivity index (χ0) is 12.0. The lowest BCUT2D eigenvalue weighted by atomic mass is 10.3. The summed E-state index contributed by atoms with van der Waals surface area (Å²) >= 11 is 1.29. The van der Waals surface area contributed by atoms with E-state index in [4.69, 9.17) is 4.74 Å². The standard InChI is InChI=1S/C11H12F2O2S/c1-2-15-11(14)5-6-16-8-3-4-9(12)10(13)7-8/h3-4,7H,2,5-6H2,1H3. The molecule has 0 aliphatic rings. The van der Waals surface area contributed by atoms with Crippen LogP contribution in [0.2, 0.25) is 0 Å². The molecule has 88 valence electrons. The van der Waals surface area contributed by atoms with Gasteiger partial charge in [-0.15, -0.1) is 11.8 Å². The van der Waals surface area contributed by atoms with Crippen LogP contribution in [0.15, 0.2) is 23.1 Å². The zero-order valence-electron chi connectivity index (χ0n) is 8.83. The van der Waals surface area contributed by atoms with Gasteiger partial charge in [0, 0.05) is 10.6 Å². The SMILES string of the molecule is CCOC(=O)CCSc1ccc(F)c(F)c1. The van der Waals surface area contributed by atoms with Gasteiger partial charge in [-0.2, -0.15) is 0 Å². The second-order valence-electron chi connectivity index (χ2n) is 2.98. The quantitative estimate of drug-likeness (QED) is 0.590. The first-order valence-electron chi connectivity index (χ1n) is 4.87. The van der Waals surface area contributed by atoms with Crippen LogP contribution in [0, 0.1) is 11.6 Å². The maximum Gasteiger partial charge on any atom is 0.306 e. The van der Waals surface area contributed by atoms with Crippen LogP contribution >= 0.6 is 11.8 Å². The van der Waals surface area contributed by atoms with Crippen LogP contribution in [-0.2, 0) is 9.53 Å². The number of ether oxygens (including phenoxy) is 1. The molecule has 0 N–H and O–H groups in total. The van der Waals surface area contributed by atoms with Gasteiger partial charge in [0.1, 0.15) is 0 Å². The van der Waals surface area contributed by atoms with Gasteiger partial charge in [-0.3, -0.25) is 4.79 Å². The highest BCUT2D eigenvalue weighted by Gasteiger charge is 2.05. The average molecular weight is 246 g/mol. The van der Waals surface area contributed by atoms with Crippen LogP contribution in [0.4, 0.5) is 8.78 Å². The Kier molecular flexibility index (Phi) is 5.25. The van der Waals surface area contributed by atoms with Gasteiger partial charge in [0.05, 0.1) is 13.0 Å². The molecule has 0 amide bonds. The van der Waals surface area contributed by atoms with Crippen molar-refractivity contribution in [1.29, 1.82) is 0 Å². The van der Waals surface area contributed by atoms with E-state index in [2.05, 4.69) is 0 Å². The lowest BCUT2D eigenvalue weighted by Crippen LogP contribution is -2.04. The number of halogens is 2. The molecular formula is C11H12F2O2S. The molecule has 0 radical (unpaired) electrons. The third kappa shape index (κ3) is 4.18. The maximum atomic E-state index is 12.8. The molecule has 0 saturated heterocycles. The van der Waals surface area contributed by atoms with E-state index in [1.807, 2.05) is 0 Å². The fraction of sp³-hybridized carbons (Fsp3) is 0.364. The lowest BCUT2D eigenvalue weighted by Gasteiger charge is -2.02. The van der Waals surface area contributed by atoms with Crippen LogP contribution in [0.1, 0.15) is 13.3 Å². The van der Waals surface area contributed by atoms with Crippen molar-refractivity contribution in [3.05, 3.63) is 29.8 Å². The predicted molar refractivity (Wildman–Crippen MR) is 58.3 cm³/mol. The topological polar surface area (TPSA) is 26.3 Å². The van der Waals surface area contributed by atoms with E-state index in [1.54, 1.807) is 6.92 Å². The van der Waals surface area contributed by atoms with Gasteiger partial charge in [-0.1, -0.05) is 0 Å². The molecule has 1 aromatic carbocycles. The van der Waals surface area contributed by atoms with Crippen LogP contribution in [0.5, 0.6) is 0 Å². The highest BCUT2D eigenvalue weighted by Crippen LogP contribution is 2.21. The van der Waals surface area contributed by atoms with Crippen LogP contribution in [0.25, 0.3) is 0 Å². The van der Waals surface area contributed by atoms with Gasteiger partial charge in [0.2, 0.25) is 0 Å². The van der Waals surface area contributed by atoms with Crippen molar-refractivity contribution in [3.63, 3.8) is 0 Å². The Morgan fingerprint density at radius 3 is 2.75 bits per heavy atom. The number of hydrogen-bond donors (Lipinski definition) is 0. The smallest absolute Gasteiger partial charge is 0.306 e. The molecule has 0 saturated carbocycles. The Hall–Kier alpha value is -1.10. The van der Waals surface area contributed by atoms with E-state index in [0.29, 0.717) is 17.3 Å². The van der Waals surface area contributed by atoms with Crippen LogP contribution < -0.4 is 0 Å². The summed E-state index contributed by atoms with van der Waals surface area (Å²) in [6.45, 7) is 2.09. The third-order valence-corrected chi connectivity index (χ3v) is 2.77. The third-order valence-electron chi connectivity index (χ3n) is 1.77. The molecule has 0 aromatic heterocycles. The minimum atomic E-state index is -0.874. The number of thioether (sulfide) groups is 1. The first-order chi connectivity index (χ1) is 7.63. The van der Waals surface area contributed by atoms with Crippen molar-refractivity contribution in [2.45, 2.75) is 18.2 Å². The molecule has 0 aliphatic heterocycles. The van der Waals surface area contributed by atoms with Gasteiger partial charge in [0.25, 0.3) is 0 Å². The van der Waals surface area contributed by atoms with Crippen molar-refractivity contribution in [1.82, 2.24) is 0 Å². The Morgan fingerprint density at radius 1 is 1.38 bits per heavy atom. The van der Waals surface area contributed by atoms with Gasteiger partial charge in [-0.05, 0) is 25.1 Å². The second kappa shape index (κ2) is 6.48. The van der Waals surface area contributed by atoms with Crippen LogP contribution in [0.3, 0.4) is 0 Å². The molecule has 0 fully saturated rings. The van der Waals surface area contributed by atoms with E-state index in [0.717, 1.165) is 12.1 Å². The Balaban J connectivity index is 2.37. The number of carbonyl (C=O) groups excluding carboxylic acids is 1. The molecule has 1 rings (SSSR count). The predicted octanol–water partition coefficient (Wildman–Crippen LogP) is 3.01. The summed E-state index contributed by atoms with van der Waals surface area (Å²) in [6, 6.07) is 3.67. The second-order valence-corrected chi connectivity index (χ2v) is 4.15. The molecule has 16 heavy (non-hydrogen) atoms. The molecule has 0 heterocycles. The van der Waals surface area contributed by atoms with Gasteiger partial charge in [0.15, 0.2) is 11.6 Å². The molecule has 0 aliphatic carbocycles. The summed E-state index contributed by atoms with van der Waals surface area (Å²) in [5.74, 6) is -1.53. The number of carbonyl (C=O) groups is 1. The van der Waals surface area contributed by atoms with Crippen molar-refractivity contribution >= 4 is 17.7 Å². The first-order valence-corrected chi connectivity index (χ1v) is 5.85. The summed E-state index contributed by atoms with van der Waals surface area (Å²) in [4.78, 5) is 11.6. The Bertz CT molecular complexity index is 369. The molecule has 2 nitrogen and oxygen atoms in total. The van der Waals surface area contributed by atoms with E-state index >= 15 is 0 Å². The summed E-state index contributed by atoms with van der Waals surface area (Å²) in [5, 5.41) is 0. The molecule has 0 spiro atoms. The molecule has 0 bridgehead atoms. The summed E-state index contributed by atoms with van der Waals surface area (Å²) in [6.07, 6.45) is 0.261. The van der Waals surface area contributed by atoms with E-state index < -0.39 is 11.6 Å². The van der Waals surface area contributed by atoms with Crippen molar-refractivity contribution in [3.8, 4) is 0 Å². The zero-order valence-corrected chi connectivity index (χ0v) is 9.65. The fourth-order valence-electron chi connectivity index (χ4n) is 1.05. The van der Waals surface area contributed by atoms with E-state index in [1.165, 1.54) is 17.8 Å². The highest BCUT2D eigenvalue weighted by molar-refractivity contribution is 7.99. The molecule has 0 unspecified atom stereocenters. The molecule has 1 aromatic rings. The highest BCUT2D eigenvalue weighted by atomic mass is 32.2. The fourth-order valence-corrected chi connectivity index (χ4v) is 1.91. The van der Waals surface area contributed by atoms with E-state index in [9.17, 15) is 13.6 Å². The van der Waals surface area contributed by atoms with E-state index in [-0.39, 0.29) is 12.4 Å².